The molecule has 0 aromatic carbocycles. The number of aromatic nitrogens is 3. The molecule has 3 heterocycles. The van der Waals surface area contributed by atoms with Crippen LogP contribution in [0, 0.1) is 0 Å². The molecule has 1 aliphatic heterocycles. The van der Waals surface area contributed by atoms with Crippen molar-refractivity contribution in [3.63, 3.8) is 0 Å². The number of hydrogen-bond acceptors (Lipinski definition) is 6. The minimum Gasteiger partial charge on any atom is -0.468 e. The Kier molecular flexibility index (Phi) is 5.09. The summed E-state index contributed by atoms with van der Waals surface area (Å²) in [6.07, 6.45) is 1.72. The highest BCUT2D eigenvalue weighted by molar-refractivity contribution is 5.20. The van der Waals surface area contributed by atoms with Crippen LogP contribution in [0.1, 0.15) is 23.1 Å². The molecular weight excluding hydrogens is 294 g/mol. The fourth-order valence-electron chi connectivity index (χ4n) is 3.04. The lowest BCUT2D eigenvalue weighted by atomic mass is 9.99. The molecule has 126 valence electrons. The zero-order valence-electron chi connectivity index (χ0n) is 14.1. The zero-order valence-corrected chi connectivity index (χ0v) is 14.1. The van der Waals surface area contributed by atoms with Gasteiger partial charge in [-0.3, -0.25) is 9.58 Å². The molecule has 1 atom stereocenters. The molecule has 0 spiro atoms. The summed E-state index contributed by atoms with van der Waals surface area (Å²) in [5.74, 6) is 1.26. The van der Waals surface area contributed by atoms with E-state index in [2.05, 4.69) is 34.2 Å². The fourth-order valence-corrected chi connectivity index (χ4v) is 3.04. The predicted molar refractivity (Wildman–Crippen MR) is 85.9 cm³/mol. The minimum atomic E-state index is 0.288. The third-order valence-electron chi connectivity index (χ3n) is 4.14. The van der Waals surface area contributed by atoms with Gasteiger partial charge in [-0.1, -0.05) is 5.21 Å². The maximum atomic E-state index is 5.89. The average molecular weight is 319 g/mol. The van der Waals surface area contributed by atoms with E-state index in [1.807, 2.05) is 23.9 Å². The SMILES string of the molecule is CN(C)CCOCC1CN(Cc2ccco2)Cc2nnn(C)c21. The summed E-state index contributed by atoms with van der Waals surface area (Å²) in [5.41, 5.74) is 2.25. The highest BCUT2D eigenvalue weighted by Crippen LogP contribution is 2.27. The van der Waals surface area contributed by atoms with E-state index in [1.54, 1.807) is 6.26 Å². The van der Waals surface area contributed by atoms with Crippen LogP contribution in [0.3, 0.4) is 0 Å². The van der Waals surface area contributed by atoms with E-state index < -0.39 is 0 Å². The van der Waals surface area contributed by atoms with Crippen LogP contribution < -0.4 is 0 Å². The van der Waals surface area contributed by atoms with Gasteiger partial charge < -0.3 is 14.1 Å². The van der Waals surface area contributed by atoms with Crippen LogP contribution in [0.15, 0.2) is 22.8 Å². The smallest absolute Gasteiger partial charge is 0.117 e. The lowest BCUT2D eigenvalue weighted by molar-refractivity contribution is 0.0819. The van der Waals surface area contributed by atoms with Gasteiger partial charge in [0.05, 0.1) is 31.7 Å². The molecule has 0 fully saturated rings. The van der Waals surface area contributed by atoms with E-state index in [1.165, 1.54) is 5.69 Å². The van der Waals surface area contributed by atoms with Crippen LogP contribution in [0.5, 0.6) is 0 Å². The van der Waals surface area contributed by atoms with Gasteiger partial charge in [-0.15, -0.1) is 5.10 Å². The molecule has 0 bridgehead atoms. The molecule has 0 aliphatic carbocycles. The van der Waals surface area contributed by atoms with Gasteiger partial charge in [-0.05, 0) is 26.2 Å². The number of furan rings is 1. The molecule has 0 radical (unpaired) electrons. The zero-order chi connectivity index (χ0) is 16.2. The van der Waals surface area contributed by atoms with E-state index >= 15 is 0 Å². The van der Waals surface area contributed by atoms with Crippen molar-refractivity contribution in [1.29, 1.82) is 0 Å². The van der Waals surface area contributed by atoms with Crippen LogP contribution in [0.25, 0.3) is 0 Å². The van der Waals surface area contributed by atoms with Crippen molar-refractivity contribution in [2.45, 2.75) is 19.0 Å². The van der Waals surface area contributed by atoms with Gasteiger partial charge in [0.1, 0.15) is 11.5 Å². The van der Waals surface area contributed by atoms with Gasteiger partial charge in [0, 0.05) is 32.6 Å². The van der Waals surface area contributed by atoms with Crippen molar-refractivity contribution >= 4 is 0 Å². The van der Waals surface area contributed by atoms with Crippen molar-refractivity contribution < 1.29 is 9.15 Å². The van der Waals surface area contributed by atoms with Gasteiger partial charge in [0.2, 0.25) is 0 Å². The molecule has 2 aromatic rings. The third-order valence-corrected chi connectivity index (χ3v) is 4.14. The summed E-state index contributed by atoms with van der Waals surface area (Å²) < 4.78 is 13.2. The second-order valence-corrected chi connectivity index (χ2v) is 6.37. The van der Waals surface area contributed by atoms with Crippen molar-refractivity contribution in [3.8, 4) is 0 Å². The van der Waals surface area contributed by atoms with Crippen LogP contribution in [-0.4, -0.2) is 65.2 Å². The second-order valence-electron chi connectivity index (χ2n) is 6.37. The Balaban J connectivity index is 1.65. The molecule has 1 unspecified atom stereocenters. The Morgan fingerprint density at radius 1 is 1.43 bits per heavy atom. The van der Waals surface area contributed by atoms with Crippen LogP contribution in [-0.2, 0) is 24.9 Å². The summed E-state index contributed by atoms with van der Waals surface area (Å²) in [6.45, 7) is 4.88. The van der Waals surface area contributed by atoms with Gasteiger partial charge in [0.25, 0.3) is 0 Å². The van der Waals surface area contributed by atoms with E-state index in [0.717, 1.165) is 44.2 Å². The standard InChI is InChI=1S/C16H25N5O2/c1-19(2)6-8-22-12-13-9-21(10-14-5-4-7-23-14)11-15-16(13)20(3)18-17-15/h4-5,7,13H,6,8-12H2,1-3H3. The first kappa shape index (κ1) is 16.2. The van der Waals surface area contributed by atoms with Gasteiger partial charge >= 0.3 is 0 Å². The Morgan fingerprint density at radius 2 is 2.30 bits per heavy atom. The van der Waals surface area contributed by atoms with E-state index in [0.29, 0.717) is 6.61 Å². The molecule has 7 nitrogen and oxygen atoms in total. The predicted octanol–water partition coefficient (Wildman–Crippen LogP) is 1.09. The summed E-state index contributed by atoms with van der Waals surface area (Å²) in [5, 5.41) is 8.51. The summed E-state index contributed by atoms with van der Waals surface area (Å²) >= 11 is 0. The monoisotopic (exact) mass is 319 g/mol. The molecule has 2 aromatic heterocycles. The molecule has 0 saturated heterocycles. The average Bonchev–Trinajstić information content (AvgIpc) is 3.14. The van der Waals surface area contributed by atoms with Crippen LogP contribution >= 0.6 is 0 Å². The Morgan fingerprint density at radius 3 is 3.04 bits per heavy atom. The Bertz CT molecular complexity index is 608. The molecule has 1 aliphatic rings. The quantitative estimate of drug-likeness (QED) is 0.712. The van der Waals surface area contributed by atoms with Crippen molar-refractivity contribution in [3.05, 3.63) is 35.5 Å². The molecular formula is C16H25N5O2. The number of likely N-dealkylation sites (N-methyl/N-ethyl adjacent to an activating group) is 1. The van der Waals surface area contributed by atoms with Gasteiger partial charge in [-0.25, -0.2) is 0 Å². The lowest BCUT2D eigenvalue weighted by Gasteiger charge is -2.31. The molecule has 0 N–H and O–H groups in total. The van der Waals surface area contributed by atoms with E-state index in [4.69, 9.17) is 9.15 Å². The number of nitrogens with zero attached hydrogens (tertiary/aromatic N) is 5. The molecule has 7 heteroatoms. The summed E-state index contributed by atoms with van der Waals surface area (Å²) in [7, 11) is 6.07. The highest BCUT2D eigenvalue weighted by atomic mass is 16.5. The topological polar surface area (TPSA) is 59.6 Å². The first-order valence-electron chi connectivity index (χ1n) is 7.99. The normalized spacial score (nSPS) is 18.5. The van der Waals surface area contributed by atoms with Crippen LogP contribution in [0.2, 0.25) is 0 Å². The maximum absolute atomic E-state index is 5.89. The Hall–Kier alpha value is -1.70. The van der Waals surface area contributed by atoms with Gasteiger partial charge in [0.15, 0.2) is 0 Å². The number of ether oxygens (including phenoxy) is 1. The maximum Gasteiger partial charge on any atom is 0.117 e. The van der Waals surface area contributed by atoms with Gasteiger partial charge in [-0.2, -0.15) is 0 Å². The molecule has 0 amide bonds. The van der Waals surface area contributed by atoms with E-state index in [-0.39, 0.29) is 5.92 Å². The lowest BCUT2D eigenvalue weighted by Crippen LogP contribution is -2.36. The van der Waals surface area contributed by atoms with Crippen molar-refractivity contribution in [2.75, 3.05) is 40.4 Å². The Labute approximate surface area is 136 Å². The highest BCUT2D eigenvalue weighted by Gasteiger charge is 2.30. The van der Waals surface area contributed by atoms with Crippen molar-refractivity contribution in [1.82, 2.24) is 24.8 Å². The number of hydrogen-bond donors (Lipinski definition) is 0. The largest absolute Gasteiger partial charge is 0.468 e. The van der Waals surface area contributed by atoms with Crippen molar-refractivity contribution in [2.24, 2.45) is 7.05 Å². The fraction of sp³-hybridized carbons (Fsp3) is 0.625. The number of rotatable bonds is 7. The summed E-state index contributed by atoms with van der Waals surface area (Å²) in [6, 6.07) is 3.93. The van der Waals surface area contributed by atoms with E-state index in [9.17, 15) is 0 Å². The van der Waals surface area contributed by atoms with Crippen LogP contribution in [0.4, 0.5) is 0 Å². The number of aryl methyl sites for hydroxylation is 1. The molecule has 3 rings (SSSR count). The molecule has 23 heavy (non-hydrogen) atoms. The first-order valence-corrected chi connectivity index (χ1v) is 7.99. The number of fused-ring (bicyclic) bond motifs is 1. The second kappa shape index (κ2) is 7.25. The minimum absolute atomic E-state index is 0.288. The third kappa shape index (κ3) is 3.99. The first-order chi connectivity index (χ1) is 11.1. The molecule has 0 saturated carbocycles. The summed E-state index contributed by atoms with van der Waals surface area (Å²) in [4.78, 5) is 4.47.